The molecular weight excluding hydrogens is 453 g/mol. The number of rotatable bonds is 12. The molecule has 1 atom stereocenters. The fraction of sp³-hybridized carbons (Fsp3) is 0.833. The quantitative estimate of drug-likeness (QED) is 0.198. The number of hydrogen-bond donors (Lipinski definition) is 0. The molecule has 0 fully saturated rings. The molecule has 0 aliphatic rings. The smallest absolute Gasteiger partial charge is 0.455 e. The summed E-state index contributed by atoms with van der Waals surface area (Å²) in [6.45, 7) is 30.5. The summed E-state index contributed by atoms with van der Waals surface area (Å²) >= 11 is 0. The maximum atomic E-state index is 12.4. The number of carbonyl (C=O) groups is 1. The number of carbonyl (C=O) groups excluding carboxylic acids is 1. The SMILES string of the molecule is C=C(C)C(=O)OC(CC)[Si](O[Si](C)(C)C)(O[Si](C)(C)C)O[Si](C)(C)O[Si](C)(C)C. The predicted molar refractivity (Wildman–Crippen MR) is 133 cm³/mol. The van der Waals surface area contributed by atoms with Gasteiger partial charge < -0.3 is 21.2 Å². The normalized spacial score (nSPS) is 15.2. The minimum atomic E-state index is -3.44. The molecule has 0 N–H and O–H groups in total. The summed E-state index contributed by atoms with van der Waals surface area (Å²) in [5.41, 5.74) is -0.246. The van der Waals surface area contributed by atoms with E-state index in [0.717, 1.165) is 0 Å². The Morgan fingerprint density at radius 3 is 1.41 bits per heavy atom. The molecule has 0 radical (unpaired) electrons. The van der Waals surface area contributed by atoms with Crippen molar-refractivity contribution < 1.29 is 26.0 Å². The van der Waals surface area contributed by atoms with E-state index in [-0.39, 0.29) is 0 Å². The highest BCUT2D eigenvalue weighted by Gasteiger charge is 2.59. The standard InChI is InChI=1S/C18H44O6Si5/c1-15-17(20-18(19)16(2)3)29(22-26(7,8)9,23-27(10,11)12)24-28(13,14)21-25(4,5)6/h17H,2,15H2,1,3-14H3. The molecule has 0 aliphatic heterocycles. The molecule has 0 saturated heterocycles. The first kappa shape index (κ1) is 29.1. The second kappa shape index (κ2) is 10.2. The van der Waals surface area contributed by atoms with E-state index in [9.17, 15) is 4.79 Å². The van der Waals surface area contributed by atoms with Crippen LogP contribution in [0.4, 0.5) is 0 Å². The van der Waals surface area contributed by atoms with E-state index in [4.69, 9.17) is 21.2 Å². The van der Waals surface area contributed by atoms with Crippen LogP contribution in [0.15, 0.2) is 12.2 Å². The highest BCUT2D eigenvalue weighted by Crippen LogP contribution is 2.32. The van der Waals surface area contributed by atoms with Crippen LogP contribution in [0.5, 0.6) is 0 Å². The van der Waals surface area contributed by atoms with Gasteiger partial charge in [0.1, 0.15) is 0 Å². The van der Waals surface area contributed by atoms with Gasteiger partial charge in [-0.1, -0.05) is 13.5 Å². The first-order chi connectivity index (χ1) is 12.6. The van der Waals surface area contributed by atoms with Gasteiger partial charge in [0.25, 0.3) is 0 Å². The Morgan fingerprint density at radius 1 is 0.759 bits per heavy atom. The van der Waals surface area contributed by atoms with Gasteiger partial charge in [0, 0.05) is 5.57 Å². The molecule has 0 aromatic rings. The second-order valence-corrected chi connectivity index (χ2v) is 31.4. The molecule has 0 spiro atoms. The summed E-state index contributed by atoms with van der Waals surface area (Å²) in [5, 5.41) is 0. The molecule has 0 aromatic carbocycles. The summed E-state index contributed by atoms with van der Waals surface area (Å²) in [6.07, 6.45) is 0.539. The summed E-state index contributed by atoms with van der Waals surface area (Å²) < 4.78 is 32.6. The Labute approximate surface area is 184 Å². The third-order valence-electron chi connectivity index (χ3n) is 3.20. The number of hydrogen-bond acceptors (Lipinski definition) is 6. The zero-order valence-electron chi connectivity index (χ0n) is 20.9. The molecular formula is C18H44O6Si5. The van der Waals surface area contributed by atoms with E-state index < -0.39 is 54.0 Å². The Bertz CT molecular complexity index is 559. The number of ether oxygens (including phenoxy) is 1. The van der Waals surface area contributed by atoms with Crippen molar-refractivity contribution in [1.82, 2.24) is 0 Å². The third kappa shape index (κ3) is 11.9. The topological polar surface area (TPSA) is 63.2 Å². The van der Waals surface area contributed by atoms with Crippen LogP contribution in [0.2, 0.25) is 72.0 Å². The van der Waals surface area contributed by atoms with Crippen molar-refractivity contribution >= 4 is 48.3 Å². The van der Waals surface area contributed by atoms with E-state index in [0.29, 0.717) is 12.0 Å². The molecule has 0 rings (SSSR count). The van der Waals surface area contributed by atoms with Crippen molar-refractivity contribution in [2.24, 2.45) is 0 Å². The molecule has 0 aliphatic carbocycles. The summed E-state index contributed by atoms with van der Waals surface area (Å²) in [6, 6.07) is 0. The molecule has 0 saturated carbocycles. The van der Waals surface area contributed by atoms with Crippen molar-refractivity contribution in [3.8, 4) is 0 Å². The zero-order valence-corrected chi connectivity index (χ0v) is 25.9. The van der Waals surface area contributed by atoms with Gasteiger partial charge in [0.2, 0.25) is 0 Å². The summed E-state index contributed by atoms with van der Waals surface area (Å²) in [7, 11) is -12.1. The Balaban J connectivity index is 6.43. The molecule has 6 nitrogen and oxygen atoms in total. The maximum absolute atomic E-state index is 12.4. The first-order valence-electron chi connectivity index (χ1n) is 10.3. The molecule has 11 heteroatoms. The molecule has 29 heavy (non-hydrogen) atoms. The van der Waals surface area contributed by atoms with Crippen molar-refractivity contribution in [3.63, 3.8) is 0 Å². The van der Waals surface area contributed by atoms with Gasteiger partial charge in [-0.2, -0.15) is 0 Å². The fourth-order valence-corrected chi connectivity index (χ4v) is 22.8. The van der Waals surface area contributed by atoms with Crippen LogP contribution in [0.1, 0.15) is 20.3 Å². The van der Waals surface area contributed by atoms with Crippen molar-refractivity contribution in [3.05, 3.63) is 12.2 Å². The first-order valence-corrected chi connectivity index (χ1v) is 25.1. The van der Waals surface area contributed by atoms with Gasteiger partial charge in [-0.15, -0.1) is 0 Å². The van der Waals surface area contributed by atoms with Crippen LogP contribution in [-0.4, -0.2) is 54.0 Å². The van der Waals surface area contributed by atoms with Gasteiger partial charge in [0.15, 0.2) is 30.7 Å². The lowest BCUT2D eigenvalue weighted by Gasteiger charge is -2.46. The van der Waals surface area contributed by atoms with Crippen LogP contribution >= 0.6 is 0 Å². The van der Waals surface area contributed by atoms with Crippen LogP contribution < -0.4 is 0 Å². The van der Waals surface area contributed by atoms with Crippen molar-refractivity contribution in [2.75, 3.05) is 0 Å². The number of esters is 1. The predicted octanol–water partition coefficient (Wildman–Crippen LogP) is 5.64. The van der Waals surface area contributed by atoms with E-state index in [1.165, 1.54) is 0 Å². The summed E-state index contributed by atoms with van der Waals surface area (Å²) in [5.74, 6) is -0.443. The highest BCUT2D eigenvalue weighted by molar-refractivity contribution is 6.91. The lowest BCUT2D eigenvalue weighted by Crippen LogP contribution is -2.69. The van der Waals surface area contributed by atoms with Crippen molar-refractivity contribution in [1.29, 1.82) is 0 Å². The van der Waals surface area contributed by atoms with Crippen LogP contribution in [0.25, 0.3) is 0 Å². The Kier molecular flexibility index (Phi) is 10.2. The van der Waals surface area contributed by atoms with Gasteiger partial charge in [0.05, 0.1) is 0 Å². The van der Waals surface area contributed by atoms with Gasteiger partial charge in [-0.3, -0.25) is 0 Å². The molecule has 1 unspecified atom stereocenters. The van der Waals surface area contributed by atoms with Crippen LogP contribution in [0.3, 0.4) is 0 Å². The second-order valence-electron chi connectivity index (χ2n) is 10.8. The lowest BCUT2D eigenvalue weighted by atomic mass is 10.4. The zero-order chi connectivity index (χ0) is 23.5. The summed E-state index contributed by atoms with van der Waals surface area (Å²) in [4.78, 5) is 12.4. The van der Waals surface area contributed by atoms with E-state index >= 15 is 0 Å². The minimum Gasteiger partial charge on any atom is -0.455 e. The average Bonchev–Trinajstić information content (AvgIpc) is 2.36. The van der Waals surface area contributed by atoms with Gasteiger partial charge in [-0.25, -0.2) is 4.79 Å². The average molecular weight is 497 g/mol. The van der Waals surface area contributed by atoms with Crippen LogP contribution in [-0.2, 0) is 26.0 Å². The van der Waals surface area contributed by atoms with Crippen molar-refractivity contribution in [2.45, 2.75) is 98.0 Å². The van der Waals surface area contributed by atoms with E-state index in [1.54, 1.807) is 6.92 Å². The largest absolute Gasteiger partial charge is 0.514 e. The molecule has 0 aromatic heterocycles. The Morgan fingerprint density at radius 2 is 1.14 bits per heavy atom. The molecule has 172 valence electrons. The van der Waals surface area contributed by atoms with Gasteiger partial charge in [-0.05, 0) is 85.4 Å². The van der Waals surface area contributed by atoms with E-state index in [2.05, 4.69) is 65.5 Å². The molecule has 0 bridgehead atoms. The van der Waals surface area contributed by atoms with Crippen LogP contribution in [0, 0.1) is 0 Å². The molecule has 0 amide bonds. The Hall–Kier alpha value is 0.134. The fourth-order valence-electron chi connectivity index (χ4n) is 2.85. The lowest BCUT2D eigenvalue weighted by molar-refractivity contribution is -0.143. The monoisotopic (exact) mass is 496 g/mol. The third-order valence-corrected chi connectivity index (χ3v) is 19.2. The van der Waals surface area contributed by atoms with Gasteiger partial charge >= 0.3 is 23.3 Å². The highest BCUT2D eigenvalue weighted by atomic mass is 28.5. The van der Waals surface area contributed by atoms with E-state index in [1.807, 2.05) is 20.0 Å². The maximum Gasteiger partial charge on any atom is 0.514 e. The minimum absolute atomic E-state index is 0.349. The molecule has 0 heterocycles.